The highest BCUT2D eigenvalue weighted by Gasteiger charge is 2.30. The van der Waals surface area contributed by atoms with Gasteiger partial charge in [0.25, 0.3) is 5.91 Å². The van der Waals surface area contributed by atoms with Gasteiger partial charge < -0.3 is 4.74 Å². The summed E-state index contributed by atoms with van der Waals surface area (Å²) >= 11 is 9.99. The first-order valence-corrected chi connectivity index (χ1v) is 8.37. The number of amides is 1. The largest absolute Gasteiger partial charge is 0.488 e. The highest BCUT2D eigenvalue weighted by atomic mass is 79.9. The zero-order valence-corrected chi connectivity index (χ0v) is 14.7. The average Bonchev–Trinajstić information content (AvgIpc) is 2.72. The molecule has 1 aliphatic heterocycles. The molecular formula is C15H14BrNO2S2. The first-order chi connectivity index (χ1) is 10.1. The minimum absolute atomic E-state index is 0.0318. The van der Waals surface area contributed by atoms with Gasteiger partial charge in [-0.3, -0.25) is 9.69 Å². The quantitative estimate of drug-likeness (QED) is 0.432. The van der Waals surface area contributed by atoms with E-state index in [2.05, 4.69) is 22.5 Å². The molecule has 1 saturated heterocycles. The lowest BCUT2D eigenvalue weighted by Gasteiger charge is -2.09. The van der Waals surface area contributed by atoms with Crippen molar-refractivity contribution in [1.29, 1.82) is 0 Å². The molecule has 0 radical (unpaired) electrons. The first-order valence-electron chi connectivity index (χ1n) is 6.35. The summed E-state index contributed by atoms with van der Waals surface area (Å²) in [4.78, 5) is 14.4. The molecule has 0 aromatic heterocycles. The van der Waals surface area contributed by atoms with Gasteiger partial charge >= 0.3 is 0 Å². The van der Waals surface area contributed by atoms with Gasteiger partial charge in [-0.15, -0.1) is 0 Å². The van der Waals surface area contributed by atoms with E-state index in [1.54, 1.807) is 11.0 Å². The van der Waals surface area contributed by atoms with Crippen LogP contribution in [-0.4, -0.2) is 28.3 Å². The maximum absolute atomic E-state index is 12.1. The van der Waals surface area contributed by atoms with E-state index in [1.165, 1.54) is 11.8 Å². The first kappa shape index (κ1) is 16.3. The molecule has 21 heavy (non-hydrogen) atoms. The Bertz CT molecular complexity index is 628. The van der Waals surface area contributed by atoms with Crippen molar-refractivity contribution in [1.82, 2.24) is 4.90 Å². The Hall–Kier alpha value is -1.11. The molecule has 1 aromatic carbocycles. The van der Waals surface area contributed by atoms with Gasteiger partial charge in [0.2, 0.25) is 0 Å². The molecule has 0 spiro atoms. The van der Waals surface area contributed by atoms with E-state index in [-0.39, 0.29) is 5.91 Å². The molecule has 0 bridgehead atoms. The van der Waals surface area contributed by atoms with Crippen LogP contribution in [0.25, 0.3) is 6.08 Å². The van der Waals surface area contributed by atoms with Gasteiger partial charge in [-0.25, -0.2) is 0 Å². The van der Waals surface area contributed by atoms with E-state index in [1.807, 2.05) is 31.2 Å². The molecule has 2 rings (SSSR count). The second-order valence-corrected chi connectivity index (χ2v) is 6.75. The number of halogens is 1. The lowest BCUT2D eigenvalue weighted by molar-refractivity contribution is -0.121. The van der Waals surface area contributed by atoms with Crippen LogP contribution in [0.15, 0.2) is 40.2 Å². The molecule has 0 unspecified atom stereocenters. The van der Waals surface area contributed by atoms with Crippen molar-refractivity contribution in [3.63, 3.8) is 0 Å². The highest BCUT2D eigenvalue weighted by molar-refractivity contribution is 9.10. The number of ether oxygens (including phenoxy) is 1. The molecule has 1 fully saturated rings. The smallest absolute Gasteiger partial charge is 0.266 e. The van der Waals surface area contributed by atoms with E-state index >= 15 is 0 Å². The Labute approximate surface area is 142 Å². The number of rotatable bonds is 5. The number of carbonyl (C=O) groups is 1. The summed E-state index contributed by atoms with van der Waals surface area (Å²) in [6.45, 7) is 6.58. The van der Waals surface area contributed by atoms with Gasteiger partial charge in [-0.1, -0.05) is 42.7 Å². The van der Waals surface area contributed by atoms with Crippen LogP contribution in [0.5, 0.6) is 5.75 Å². The van der Waals surface area contributed by atoms with Crippen LogP contribution in [0.3, 0.4) is 0 Å². The number of hydrogen-bond acceptors (Lipinski definition) is 4. The van der Waals surface area contributed by atoms with E-state index in [9.17, 15) is 4.79 Å². The number of carbonyl (C=O) groups excluding carboxylic acids is 1. The fraction of sp³-hybridized carbons (Fsp3) is 0.200. The number of thiocarbonyl (C=S) groups is 1. The van der Waals surface area contributed by atoms with E-state index < -0.39 is 0 Å². The normalized spacial score (nSPS) is 16.7. The fourth-order valence-corrected chi connectivity index (χ4v) is 3.69. The summed E-state index contributed by atoms with van der Waals surface area (Å²) in [5, 5.41) is 0. The molecule has 1 aromatic rings. The molecule has 3 nitrogen and oxygen atoms in total. The van der Waals surface area contributed by atoms with Gasteiger partial charge in [0.1, 0.15) is 16.7 Å². The molecule has 0 saturated carbocycles. The zero-order chi connectivity index (χ0) is 15.4. The average molecular weight is 384 g/mol. The van der Waals surface area contributed by atoms with E-state index in [0.717, 1.165) is 15.8 Å². The van der Waals surface area contributed by atoms with Crippen molar-refractivity contribution < 1.29 is 9.53 Å². The topological polar surface area (TPSA) is 29.5 Å². The predicted molar refractivity (Wildman–Crippen MR) is 95.4 cm³/mol. The summed E-state index contributed by atoms with van der Waals surface area (Å²) < 4.78 is 6.94. The molecule has 1 amide bonds. The number of benzene rings is 1. The van der Waals surface area contributed by atoms with Gasteiger partial charge in [0.15, 0.2) is 0 Å². The molecule has 1 heterocycles. The lowest BCUT2D eigenvalue weighted by atomic mass is 10.2. The van der Waals surface area contributed by atoms with Crippen LogP contribution in [0.4, 0.5) is 0 Å². The standard InChI is InChI=1S/C15H14BrNO2S2/c1-3-7-19-12-6-5-10(8-11(12)16)9-13-14(18)17(4-2)15(20)21-13/h3,5-6,8-9H,1,4,7H2,2H3/b13-9-. The van der Waals surface area contributed by atoms with Crippen molar-refractivity contribution in [3.8, 4) is 5.75 Å². The van der Waals surface area contributed by atoms with E-state index in [0.29, 0.717) is 22.4 Å². The third-order valence-corrected chi connectivity index (χ3v) is 4.80. The van der Waals surface area contributed by atoms with Crippen molar-refractivity contribution >= 4 is 56.2 Å². The van der Waals surface area contributed by atoms with Gasteiger partial charge in [0, 0.05) is 6.54 Å². The third-order valence-electron chi connectivity index (χ3n) is 2.80. The summed E-state index contributed by atoms with van der Waals surface area (Å²) in [5.41, 5.74) is 0.921. The molecule has 0 N–H and O–H groups in total. The predicted octanol–water partition coefficient (Wildman–Crippen LogP) is 4.24. The van der Waals surface area contributed by atoms with Crippen LogP contribution >= 0.6 is 39.9 Å². The van der Waals surface area contributed by atoms with Gasteiger partial charge in [-0.05, 0) is 46.6 Å². The second kappa shape index (κ2) is 7.24. The molecular weight excluding hydrogens is 370 g/mol. The number of likely N-dealkylation sites (N-methyl/N-ethyl adjacent to an activating group) is 1. The molecule has 0 aliphatic carbocycles. The summed E-state index contributed by atoms with van der Waals surface area (Å²) in [6, 6.07) is 5.68. The Morgan fingerprint density at radius 2 is 2.29 bits per heavy atom. The Morgan fingerprint density at radius 1 is 1.52 bits per heavy atom. The number of thioether (sulfide) groups is 1. The minimum Gasteiger partial charge on any atom is -0.488 e. The fourth-order valence-electron chi connectivity index (χ4n) is 1.80. The number of hydrogen-bond donors (Lipinski definition) is 0. The maximum atomic E-state index is 12.1. The summed E-state index contributed by atoms with van der Waals surface area (Å²) in [6.07, 6.45) is 3.54. The summed E-state index contributed by atoms with van der Waals surface area (Å²) in [7, 11) is 0. The summed E-state index contributed by atoms with van der Waals surface area (Å²) in [5.74, 6) is 0.712. The van der Waals surface area contributed by atoms with Crippen molar-refractivity contribution in [2.75, 3.05) is 13.2 Å². The highest BCUT2D eigenvalue weighted by Crippen LogP contribution is 2.33. The number of nitrogens with zero attached hydrogens (tertiary/aromatic N) is 1. The Balaban J connectivity index is 2.22. The van der Waals surface area contributed by atoms with Crippen LogP contribution in [0.1, 0.15) is 12.5 Å². The van der Waals surface area contributed by atoms with E-state index in [4.69, 9.17) is 17.0 Å². The van der Waals surface area contributed by atoms with Crippen LogP contribution in [0.2, 0.25) is 0 Å². The molecule has 6 heteroatoms. The molecule has 0 atom stereocenters. The van der Waals surface area contributed by atoms with Crippen LogP contribution in [-0.2, 0) is 4.79 Å². The molecule has 1 aliphatic rings. The van der Waals surface area contributed by atoms with Crippen molar-refractivity contribution in [2.24, 2.45) is 0 Å². The molecule has 110 valence electrons. The maximum Gasteiger partial charge on any atom is 0.266 e. The van der Waals surface area contributed by atoms with Crippen molar-refractivity contribution in [3.05, 3.63) is 45.8 Å². The zero-order valence-electron chi connectivity index (χ0n) is 11.5. The minimum atomic E-state index is -0.0318. The SMILES string of the molecule is C=CCOc1ccc(/C=C2\SC(=S)N(CC)C2=O)cc1Br. The third kappa shape index (κ3) is 3.75. The Morgan fingerprint density at radius 3 is 2.86 bits per heavy atom. The van der Waals surface area contributed by atoms with Gasteiger partial charge in [-0.2, -0.15) is 0 Å². The van der Waals surface area contributed by atoms with Crippen molar-refractivity contribution in [2.45, 2.75) is 6.92 Å². The second-order valence-electron chi connectivity index (χ2n) is 4.22. The van der Waals surface area contributed by atoms with Crippen LogP contribution in [0, 0.1) is 0 Å². The monoisotopic (exact) mass is 383 g/mol. The van der Waals surface area contributed by atoms with Gasteiger partial charge in [0.05, 0.1) is 9.38 Å². The van der Waals surface area contributed by atoms with Crippen LogP contribution < -0.4 is 4.74 Å². The Kier molecular flexibility index (Phi) is 5.61. The lowest BCUT2D eigenvalue weighted by Crippen LogP contribution is -2.27.